The number of nitro benzene ring substituents is 1. The van der Waals surface area contributed by atoms with E-state index in [9.17, 15) is 10.1 Å². The van der Waals surface area contributed by atoms with Gasteiger partial charge in [-0.05, 0) is 12.5 Å². The standard InChI is InChI=1S/C10H10N2O2/c1-8-4-3-5-10(12(13)14)9(8)6-7-11-2/h3-5H,6-7H2,1H3. The zero-order valence-electron chi connectivity index (χ0n) is 7.86. The van der Waals surface area contributed by atoms with Crippen molar-refractivity contribution in [2.24, 2.45) is 0 Å². The van der Waals surface area contributed by atoms with E-state index in [1.807, 2.05) is 13.0 Å². The number of hydrogen-bond donors (Lipinski definition) is 0. The summed E-state index contributed by atoms with van der Waals surface area (Å²) in [4.78, 5) is 13.5. The highest BCUT2D eigenvalue weighted by Crippen LogP contribution is 2.22. The molecule has 0 saturated carbocycles. The first-order chi connectivity index (χ1) is 6.66. The monoisotopic (exact) mass is 190 g/mol. The Morgan fingerprint density at radius 2 is 2.29 bits per heavy atom. The molecule has 4 nitrogen and oxygen atoms in total. The second kappa shape index (κ2) is 4.38. The van der Waals surface area contributed by atoms with Crippen molar-refractivity contribution >= 4 is 5.69 Å². The van der Waals surface area contributed by atoms with Gasteiger partial charge in [0.2, 0.25) is 6.54 Å². The second-order valence-corrected chi connectivity index (χ2v) is 2.96. The molecule has 0 spiro atoms. The van der Waals surface area contributed by atoms with E-state index in [1.165, 1.54) is 6.07 Å². The van der Waals surface area contributed by atoms with Crippen LogP contribution >= 0.6 is 0 Å². The van der Waals surface area contributed by atoms with Gasteiger partial charge in [0.1, 0.15) is 0 Å². The highest BCUT2D eigenvalue weighted by Gasteiger charge is 2.15. The Kier molecular flexibility index (Phi) is 3.19. The number of rotatable bonds is 3. The van der Waals surface area contributed by atoms with Crippen LogP contribution < -0.4 is 0 Å². The molecular weight excluding hydrogens is 180 g/mol. The van der Waals surface area contributed by atoms with Gasteiger partial charge in [-0.25, -0.2) is 6.57 Å². The molecule has 0 bridgehead atoms. The minimum atomic E-state index is -0.397. The van der Waals surface area contributed by atoms with E-state index in [0.717, 1.165) is 5.56 Å². The summed E-state index contributed by atoms with van der Waals surface area (Å²) in [5.41, 5.74) is 1.67. The molecule has 0 atom stereocenters. The summed E-state index contributed by atoms with van der Waals surface area (Å²) < 4.78 is 0. The molecule has 0 aromatic heterocycles. The van der Waals surface area contributed by atoms with Crippen molar-refractivity contribution in [1.29, 1.82) is 0 Å². The molecule has 72 valence electrons. The van der Waals surface area contributed by atoms with Gasteiger partial charge >= 0.3 is 0 Å². The number of nitro groups is 1. The molecule has 4 heteroatoms. The van der Waals surface area contributed by atoms with Crippen molar-refractivity contribution in [3.05, 3.63) is 50.9 Å². The van der Waals surface area contributed by atoms with E-state index in [0.29, 0.717) is 18.5 Å². The quantitative estimate of drug-likeness (QED) is 0.417. The molecule has 0 unspecified atom stereocenters. The van der Waals surface area contributed by atoms with E-state index in [4.69, 9.17) is 6.57 Å². The zero-order valence-corrected chi connectivity index (χ0v) is 7.86. The Labute approximate surface area is 82.1 Å². The Bertz CT molecular complexity index is 394. The third kappa shape index (κ3) is 2.07. The summed E-state index contributed by atoms with van der Waals surface area (Å²) in [6.45, 7) is 8.78. The van der Waals surface area contributed by atoms with E-state index >= 15 is 0 Å². The van der Waals surface area contributed by atoms with Crippen LogP contribution in [0.1, 0.15) is 11.1 Å². The van der Waals surface area contributed by atoms with E-state index in [-0.39, 0.29) is 5.69 Å². The van der Waals surface area contributed by atoms with Gasteiger partial charge in [-0.2, -0.15) is 0 Å². The lowest BCUT2D eigenvalue weighted by Crippen LogP contribution is -1.99. The summed E-state index contributed by atoms with van der Waals surface area (Å²) in [6, 6.07) is 4.97. The predicted octanol–water partition coefficient (Wildman–Crippen LogP) is 2.37. The van der Waals surface area contributed by atoms with Crippen molar-refractivity contribution in [1.82, 2.24) is 0 Å². The highest BCUT2D eigenvalue weighted by molar-refractivity contribution is 5.45. The average molecular weight is 190 g/mol. The molecular formula is C10H10N2O2. The number of benzene rings is 1. The summed E-state index contributed by atoms with van der Waals surface area (Å²) in [5.74, 6) is 0. The van der Waals surface area contributed by atoms with Gasteiger partial charge in [-0.1, -0.05) is 12.1 Å². The molecule has 1 rings (SSSR count). The topological polar surface area (TPSA) is 47.5 Å². The van der Waals surface area contributed by atoms with Crippen LogP contribution in [0.4, 0.5) is 5.69 Å². The van der Waals surface area contributed by atoms with E-state index < -0.39 is 4.92 Å². The van der Waals surface area contributed by atoms with Crippen LogP contribution in [-0.2, 0) is 6.42 Å². The average Bonchev–Trinajstić information content (AvgIpc) is 2.15. The Balaban J connectivity index is 3.10. The normalized spacial score (nSPS) is 9.43. The number of hydrogen-bond acceptors (Lipinski definition) is 2. The number of nitrogens with zero attached hydrogens (tertiary/aromatic N) is 2. The van der Waals surface area contributed by atoms with E-state index in [1.54, 1.807) is 6.07 Å². The van der Waals surface area contributed by atoms with Gasteiger partial charge in [-0.3, -0.25) is 10.1 Å². The Morgan fingerprint density at radius 3 is 2.86 bits per heavy atom. The fourth-order valence-electron chi connectivity index (χ4n) is 1.35. The largest absolute Gasteiger partial charge is 0.317 e. The van der Waals surface area contributed by atoms with Crippen LogP contribution in [0.15, 0.2) is 18.2 Å². The molecule has 1 aromatic rings. The van der Waals surface area contributed by atoms with Crippen molar-refractivity contribution in [2.45, 2.75) is 13.3 Å². The molecule has 0 heterocycles. The number of aryl methyl sites for hydroxylation is 1. The molecule has 0 radical (unpaired) electrons. The predicted molar refractivity (Wildman–Crippen MR) is 53.0 cm³/mol. The highest BCUT2D eigenvalue weighted by atomic mass is 16.6. The molecule has 0 amide bonds. The van der Waals surface area contributed by atoms with Crippen molar-refractivity contribution < 1.29 is 4.92 Å². The van der Waals surface area contributed by atoms with Crippen molar-refractivity contribution in [3.63, 3.8) is 0 Å². The fraction of sp³-hybridized carbons (Fsp3) is 0.300. The first kappa shape index (κ1) is 10.2. The molecule has 0 aliphatic heterocycles. The summed E-state index contributed by atoms with van der Waals surface area (Å²) >= 11 is 0. The first-order valence-corrected chi connectivity index (χ1v) is 4.23. The Morgan fingerprint density at radius 1 is 1.57 bits per heavy atom. The van der Waals surface area contributed by atoms with Crippen molar-refractivity contribution in [2.75, 3.05) is 6.54 Å². The van der Waals surface area contributed by atoms with Crippen LogP contribution in [0.3, 0.4) is 0 Å². The lowest BCUT2D eigenvalue weighted by atomic mass is 10.0. The van der Waals surface area contributed by atoms with E-state index in [2.05, 4.69) is 4.85 Å². The van der Waals surface area contributed by atoms with Gasteiger partial charge < -0.3 is 4.85 Å². The van der Waals surface area contributed by atoms with Gasteiger partial charge in [-0.15, -0.1) is 0 Å². The van der Waals surface area contributed by atoms with Gasteiger partial charge in [0, 0.05) is 11.6 Å². The Hall–Kier alpha value is -1.89. The summed E-state index contributed by atoms with van der Waals surface area (Å²) in [5, 5.41) is 10.7. The van der Waals surface area contributed by atoms with Crippen LogP contribution in [0.2, 0.25) is 0 Å². The minimum absolute atomic E-state index is 0.119. The smallest absolute Gasteiger partial charge is 0.273 e. The maximum Gasteiger partial charge on any atom is 0.273 e. The van der Waals surface area contributed by atoms with Crippen molar-refractivity contribution in [3.8, 4) is 0 Å². The van der Waals surface area contributed by atoms with Crippen LogP contribution in [0, 0.1) is 23.6 Å². The van der Waals surface area contributed by atoms with Gasteiger partial charge in [0.15, 0.2) is 0 Å². The zero-order chi connectivity index (χ0) is 10.6. The lowest BCUT2D eigenvalue weighted by Gasteiger charge is -2.02. The van der Waals surface area contributed by atoms with Crippen LogP contribution in [0.5, 0.6) is 0 Å². The summed E-state index contributed by atoms with van der Waals surface area (Å²) in [7, 11) is 0. The molecule has 0 fully saturated rings. The van der Waals surface area contributed by atoms with Crippen LogP contribution in [0.25, 0.3) is 4.85 Å². The maximum atomic E-state index is 10.7. The third-order valence-corrected chi connectivity index (χ3v) is 2.06. The molecule has 0 saturated heterocycles. The molecule has 0 aliphatic rings. The lowest BCUT2D eigenvalue weighted by molar-refractivity contribution is -0.385. The minimum Gasteiger partial charge on any atom is -0.317 e. The summed E-state index contributed by atoms with van der Waals surface area (Å²) in [6.07, 6.45) is 0.451. The van der Waals surface area contributed by atoms with Gasteiger partial charge in [0.25, 0.3) is 5.69 Å². The molecule has 14 heavy (non-hydrogen) atoms. The SMILES string of the molecule is [C-]#[N+]CCc1c(C)cccc1[N+](=O)[O-]. The fourth-order valence-corrected chi connectivity index (χ4v) is 1.35. The second-order valence-electron chi connectivity index (χ2n) is 2.96. The van der Waals surface area contributed by atoms with Crippen LogP contribution in [-0.4, -0.2) is 11.5 Å². The molecule has 0 aliphatic carbocycles. The molecule has 1 aromatic carbocycles. The van der Waals surface area contributed by atoms with Gasteiger partial charge in [0.05, 0.1) is 11.3 Å². The molecule has 0 N–H and O–H groups in total. The maximum absolute atomic E-state index is 10.7. The third-order valence-electron chi connectivity index (χ3n) is 2.06. The first-order valence-electron chi connectivity index (χ1n) is 4.23.